The summed E-state index contributed by atoms with van der Waals surface area (Å²) in [6.45, 7) is 0.120. The highest BCUT2D eigenvalue weighted by molar-refractivity contribution is 7.89. The minimum Gasteiger partial charge on any atom is -0.379 e. The Balaban J connectivity index is 1.81. The number of aldehydes is 1. The number of anilines is 2. The Hall–Kier alpha value is -3.60. The van der Waals surface area contributed by atoms with E-state index in [1.165, 1.54) is 15.9 Å². The van der Waals surface area contributed by atoms with Crippen LogP contribution in [0.4, 0.5) is 20.3 Å². The van der Waals surface area contributed by atoms with Crippen LogP contribution in [0.25, 0.3) is 5.57 Å². The summed E-state index contributed by atoms with van der Waals surface area (Å²) in [5.74, 6) is -2.79. The molecule has 0 fully saturated rings. The van der Waals surface area contributed by atoms with Gasteiger partial charge >= 0.3 is 0 Å². The molecular weight excluding hydrogens is 466 g/mol. The van der Waals surface area contributed by atoms with Crippen LogP contribution in [-0.2, 0) is 20.4 Å². The summed E-state index contributed by atoms with van der Waals surface area (Å²) in [4.78, 5) is 31.6. The standard InChI is InChI=1S/C23H20F2N4O4S/c1-28-9-17-16-3-13(11-34(2,32)33)12(10-30)4-19(16)29(22-18(25)5-15(24)7-27-22)8-14-6-26-21(20(14)17)23(28)31/h3-7,9-10,20-21,26H,8,11H2,1-2H3. The van der Waals surface area contributed by atoms with E-state index in [-0.39, 0.29) is 35.5 Å². The number of carbonyl (C=O) groups excluding carboxylic acids is 2. The van der Waals surface area contributed by atoms with E-state index in [1.54, 1.807) is 25.5 Å². The van der Waals surface area contributed by atoms with E-state index in [2.05, 4.69) is 10.3 Å². The maximum atomic E-state index is 14.9. The zero-order valence-corrected chi connectivity index (χ0v) is 19.1. The third kappa shape index (κ3) is 3.56. The Kier molecular flexibility index (Phi) is 5.05. The van der Waals surface area contributed by atoms with Crippen molar-refractivity contribution in [3.63, 3.8) is 0 Å². The number of rotatable bonds is 4. The quantitative estimate of drug-likeness (QED) is 0.661. The molecule has 2 atom stereocenters. The summed E-state index contributed by atoms with van der Waals surface area (Å²) in [6.07, 6.45) is 5.90. The van der Waals surface area contributed by atoms with Gasteiger partial charge in [0.05, 0.1) is 17.6 Å². The largest absolute Gasteiger partial charge is 0.379 e. The molecule has 1 N–H and O–H groups in total. The molecule has 4 heterocycles. The lowest BCUT2D eigenvalue weighted by atomic mass is 9.81. The van der Waals surface area contributed by atoms with Gasteiger partial charge in [0.2, 0.25) is 5.91 Å². The number of carbonyl (C=O) groups is 2. The highest BCUT2D eigenvalue weighted by Crippen LogP contribution is 2.48. The number of likely N-dealkylation sites (N-methyl/N-ethyl adjacent to an activating group) is 1. The van der Waals surface area contributed by atoms with Crippen molar-refractivity contribution in [2.45, 2.75) is 11.8 Å². The molecule has 2 aromatic rings. The second-order valence-corrected chi connectivity index (χ2v) is 10.8. The highest BCUT2D eigenvalue weighted by Gasteiger charge is 2.45. The molecule has 1 amide bonds. The number of hydrogen-bond acceptors (Lipinski definition) is 7. The van der Waals surface area contributed by atoms with Crippen LogP contribution in [0.15, 0.2) is 42.4 Å². The van der Waals surface area contributed by atoms with Crippen LogP contribution in [0.1, 0.15) is 21.5 Å². The Labute approximate surface area is 194 Å². The molecule has 0 radical (unpaired) electrons. The molecule has 0 saturated carbocycles. The first-order chi connectivity index (χ1) is 16.1. The van der Waals surface area contributed by atoms with Gasteiger partial charge in [0, 0.05) is 49.2 Å². The summed E-state index contributed by atoms with van der Waals surface area (Å²) < 4.78 is 52.6. The lowest BCUT2D eigenvalue weighted by Gasteiger charge is -2.32. The zero-order valence-electron chi connectivity index (χ0n) is 18.2. The van der Waals surface area contributed by atoms with Crippen LogP contribution < -0.4 is 10.2 Å². The average molecular weight is 487 g/mol. The van der Waals surface area contributed by atoms with Gasteiger partial charge in [-0.2, -0.15) is 0 Å². The minimum atomic E-state index is -3.47. The molecule has 34 heavy (non-hydrogen) atoms. The maximum absolute atomic E-state index is 14.9. The highest BCUT2D eigenvalue weighted by atomic mass is 32.2. The predicted molar refractivity (Wildman–Crippen MR) is 121 cm³/mol. The van der Waals surface area contributed by atoms with Crippen molar-refractivity contribution in [2.75, 3.05) is 24.7 Å². The third-order valence-electron chi connectivity index (χ3n) is 6.25. The van der Waals surface area contributed by atoms with Crippen molar-refractivity contribution in [3.05, 3.63) is 70.7 Å². The molecule has 3 aliphatic heterocycles. The number of sulfone groups is 1. The number of nitrogens with zero attached hydrogens (tertiary/aromatic N) is 3. The monoisotopic (exact) mass is 486 g/mol. The number of fused-ring (bicyclic) bond motifs is 2. The molecule has 11 heteroatoms. The van der Waals surface area contributed by atoms with E-state index in [4.69, 9.17) is 0 Å². The number of amides is 1. The van der Waals surface area contributed by atoms with Crippen LogP contribution in [0.3, 0.4) is 0 Å². The van der Waals surface area contributed by atoms with E-state index in [1.807, 2.05) is 0 Å². The minimum absolute atomic E-state index is 0.120. The Morgan fingerprint density at radius 2 is 2.03 bits per heavy atom. The first-order valence-electron chi connectivity index (χ1n) is 10.4. The second-order valence-electron chi connectivity index (χ2n) is 8.68. The Bertz CT molecular complexity index is 1420. The number of pyridine rings is 1. The molecular formula is C23H20F2N4O4S. The van der Waals surface area contributed by atoms with Crippen molar-refractivity contribution in [1.82, 2.24) is 15.2 Å². The van der Waals surface area contributed by atoms with Gasteiger partial charge in [0.25, 0.3) is 0 Å². The van der Waals surface area contributed by atoms with Gasteiger partial charge in [-0.05, 0) is 35.0 Å². The fourth-order valence-electron chi connectivity index (χ4n) is 4.83. The summed E-state index contributed by atoms with van der Waals surface area (Å²) in [6, 6.07) is 3.24. The topological polar surface area (TPSA) is 99.7 Å². The zero-order chi connectivity index (χ0) is 24.4. The molecule has 2 unspecified atom stereocenters. The molecule has 3 aliphatic rings. The number of halogens is 2. The van der Waals surface area contributed by atoms with E-state index < -0.39 is 27.5 Å². The van der Waals surface area contributed by atoms with E-state index in [9.17, 15) is 26.8 Å². The van der Waals surface area contributed by atoms with Crippen molar-refractivity contribution >= 4 is 39.1 Å². The summed E-state index contributed by atoms with van der Waals surface area (Å²) >= 11 is 0. The predicted octanol–water partition coefficient (Wildman–Crippen LogP) is 2.15. The molecule has 1 aromatic carbocycles. The van der Waals surface area contributed by atoms with Crippen molar-refractivity contribution in [3.8, 4) is 0 Å². The number of nitrogens with one attached hydrogen (secondary N) is 1. The van der Waals surface area contributed by atoms with E-state index >= 15 is 0 Å². The fraction of sp³-hybridized carbons (Fsp3) is 0.261. The van der Waals surface area contributed by atoms with Crippen molar-refractivity contribution in [2.24, 2.45) is 5.92 Å². The maximum Gasteiger partial charge on any atom is 0.249 e. The first kappa shape index (κ1) is 22.2. The average Bonchev–Trinajstić information content (AvgIpc) is 3.13. The van der Waals surface area contributed by atoms with Gasteiger partial charge in [-0.15, -0.1) is 0 Å². The van der Waals surface area contributed by atoms with Crippen molar-refractivity contribution < 1.29 is 26.8 Å². The van der Waals surface area contributed by atoms with Crippen molar-refractivity contribution in [1.29, 1.82) is 0 Å². The third-order valence-corrected chi connectivity index (χ3v) is 7.09. The Morgan fingerprint density at radius 1 is 1.26 bits per heavy atom. The van der Waals surface area contributed by atoms with Gasteiger partial charge in [-0.3, -0.25) is 9.59 Å². The van der Waals surface area contributed by atoms with Gasteiger partial charge < -0.3 is 15.1 Å². The number of benzene rings is 1. The first-order valence-corrected chi connectivity index (χ1v) is 12.5. The van der Waals surface area contributed by atoms with E-state index in [0.717, 1.165) is 29.7 Å². The molecule has 176 valence electrons. The van der Waals surface area contributed by atoms with Gasteiger partial charge in [0.1, 0.15) is 18.1 Å². The summed E-state index contributed by atoms with van der Waals surface area (Å²) in [5, 5.41) is 3.09. The molecule has 0 bridgehead atoms. The molecule has 0 aliphatic carbocycles. The van der Waals surface area contributed by atoms with Crippen LogP contribution in [0, 0.1) is 17.6 Å². The summed E-state index contributed by atoms with van der Waals surface area (Å²) in [7, 11) is -1.86. The molecule has 8 nitrogen and oxygen atoms in total. The molecule has 1 aromatic heterocycles. The van der Waals surface area contributed by atoms with Gasteiger partial charge in [-0.25, -0.2) is 22.2 Å². The molecule has 0 spiro atoms. The second kappa shape index (κ2) is 7.73. The van der Waals surface area contributed by atoms with Gasteiger partial charge in [-0.1, -0.05) is 0 Å². The molecule has 5 rings (SSSR count). The lowest BCUT2D eigenvalue weighted by Crippen LogP contribution is -2.46. The van der Waals surface area contributed by atoms with Crippen LogP contribution in [0.2, 0.25) is 0 Å². The van der Waals surface area contributed by atoms with Crippen LogP contribution in [0.5, 0.6) is 0 Å². The van der Waals surface area contributed by atoms with Crippen LogP contribution in [-0.4, -0.2) is 56.4 Å². The van der Waals surface area contributed by atoms with Gasteiger partial charge in [0.15, 0.2) is 21.5 Å². The lowest BCUT2D eigenvalue weighted by molar-refractivity contribution is -0.130. The van der Waals surface area contributed by atoms with Crippen LogP contribution >= 0.6 is 0 Å². The fourth-order valence-corrected chi connectivity index (χ4v) is 5.64. The number of aromatic nitrogens is 1. The molecule has 0 saturated heterocycles. The Morgan fingerprint density at radius 3 is 2.71 bits per heavy atom. The summed E-state index contributed by atoms with van der Waals surface area (Å²) in [5.41, 5.74) is 2.86. The van der Waals surface area contributed by atoms with E-state index in [0.29, 0.717) is 23.1 Å². The normalized spacial score (nSPS) is 21.2. The SMILES string of the molecule is CN1C=C2c3cc(CS(C)(=O)=O)c(C=O)cc3N(c3ncc(F)cc3F)CC3=CNC(C1=O)C32. The smallest absolute Gasteiger partial charge is 0.249 e. The number of hydrogen-bond donors (Lipinski definition) is 1.